The maximum Gasteiger partial charge on any atom is 0.335 e. The summed E-state index contributed by atoms with van der Waals surface area (Å²) in [6.07, 6.45) is 0.930. The van der Waals surface area contributed by atoms with E-state index >= 15 is 0 Å². The number of carboxylic acid groups (broad SMARTS) is 1. The number of rotatable bonds is 5. The molecule has 0 spiro atoms. The molecule has 1 aliphatic carbocycles. The molecule has 2 aliphatic rings. The van der Waals surface area contributed by atoms with Crippen LogP contribution < -0.4 is 4.74 Å². The lowest BCUT2D eigenvalue weighted by atomic mass is 9.87. The molecule has 7 heteroatoms. The number of hydrogen-bond acceptors (Lipinski definition) is 4. The van der Waals surface area contributed by atoms with Crippen LogP contribution in [0, 0.1) is 11.8 Å². The maximum atomic E-state index is 14.6. The molecule has 5 nitrogen and oxygen atoms in total. The summed E-state index contributed by atoms with van der Waals surface area (Å²) >= 11 is 0. The minimum Gasteiger partial charge on any atom is -0.490 e. The highest BCUT2D eigenvalue weighted by Crippen LogP contribution is 2.43. The van der Waals surface area contributed by atoms with Crippen LogP contribution in [0.2, 0.25) is 0 Å². The fourth-order valence-corrected chi connectivity index (χ4v) is 4.56. The van der Waals surface area contributed by atoms with Gasteiger partial charge in [-0.25, -0.2) is 4.79 Å². The van der Waals surface area contributed by atoms with Crippen molar-refractivity contribution >= 4 is 5.97 Å². The first kappa shape index (κ1) is 21.5. The van der Waals surface area contributed by atoms with Crippen molar-refractivity contribution < 1.29 is 33.6 Å². The fraction of sp³-hybridized carbons (Fsp3) is 0.375. The van der Waals surface area contributed by atoms with Gasteiger partial charge in [0.05, 0.1) is 11.7 Å². The van der Waals surface area contributed by atoms with Gasteiger partial charge < -0.3 is 20.1 Å². The second-order valence-corrected chi connectivity index (χ2v) is 8.19. The quantitative estimate of drug-likeness (QED) is 0.629. The van der Waals surface area contributed by atoms with Gasteiger partial charge in [0.1, 0.15) is 18.0 Å². The number of carbonyl (C=O) groups is 1. The summed E-state index contributed by atoms with van der Waals surface area (Å²) in [5, 5.41) is 29.9. The Morgan fingerprint density at radius 2 is 1.94 bits per heavy atom. The van der Waals surface area contributed by atoms with Gasteiger partial charge in [0.2, 0.25) is 0 Å². The van der Waals surface area contributed by atoms with Crippen molar-refractivity contribution in [1.82, 2.24) is 0 Å². The third kappa shape index (κ3) is 4.20. The molecule has 1 saturated carbocycles. The van der Waals surface area contributed by atoms with Gasteiger partial charge in [-0.1, -0.05) is 48.6 Å². The predicted molar refractivity (Wildman–Crippen MR) is 109 cm³/mol. The molecule has 0 saturated heterocycles. The molecule has 0 amide bonds. The summed E-state index contributed by atoms with van der Waals surface area (Å²) < 4.78 is 35.2. The Bertz CT molecular complexity index is 975. The van der Waals surface area contributed by atoms with Crippen molar-refractivity contribution in [3.63, 3.8) is 0 Å². The third-order valence-corrected chi connectivity index (χ3v) is 6.28. The number of benzene rings is 2. The molecule has 164 valence electrons. The molecule has 0 aromatic heterocycles. The second kappa shape index (κ2) is 8.40. The monoisotopic (exact) mass is 430 g/mol. The Kier molecular flexibility index (Phi) is 5.81. The van der Waals surface area contributed by atoms with Crippen LogP contribution in [0.5, 0.6) is 5.75 Å². The van der Waals surface area contributed by atoms with E-state index in [0.29, 0.717) is 25.0 Å². The summed E-state index contributed by atoms with van der Waals surface area (Å²) in [6.45, 7) is 0. The van der Waals surface area contributed by atoms with Crippen LogP contribution in [0.1, 0.15) is 34.3 Å². The summed E-state index contributed by atoms with van der Waals surface area (Å²) in [5.41, 5.74) is 0.727. The zero-order chi connectivity index (χ0) is 22.2. The van der Waals surface area contributed by atoms with E-state index in [4.69, 9.17) is 4.74 Å². The average Bonchev–Trinajstić information content (AvgIpc) is 2.93. The van der Waals surface area contributed by atoms with Crippen molar-refractivity contribution in [2.24, 2.45) is 11.8 Å². The third-order valence-electron chi connectivity index (χ3n) is 6.28. The highest BCUT2D eigenvalue weighted by atomic mass is 19.3. The number of aromatic carboxylic acids is 1. The first-order valence-corrected chi connectivity index (χ1v) is 10.3. The Balaban J connectivity index is 1.51. The standard InChI is InChI=1S/C24H24F2O5/c25-24(26,16-4-2-1-3-5-16)22(28)11-10-17-18-9-8-14-6-7-15(23(29)30)12-20(14)31-21(18)13-19(17)27/h1-7,10-12,17-19,21-22,27-28H,8-9,13H2,(H,29,30)/b11-10+/t17-,18-,19-,21+,22?/m1/s1. The minimum absolute atomic E-state index is 0.124. The fourth-order valence-electron chi connectivity index (χ4n) is 4.56. The Morgan fingerprint density at radius 3 is 2.65 bits per heavy atom. The highest BCUT2D eigenvalue weighted by molar-refractivity contribution is 5.88. The first-order chi connectivity index (χ1) is 14.8. The molecule has 5 atom stereocenters. The van der Waals surface area contributed by atoms with E-state index in [1.807, 2.05) is 0 Å². The zero-order valence-corrected chi connectivity index (χ0v) is 16.7. The Hall–Kier alpha value is -2.77. The summed E-state index contributed by atoms with van der Waals surface area (Å²) in [4.78, 5) is 11.2. The molecule has 2 aromatic rings. The predicted octanol–water partition coefficient (Wildman–Crippen LogP) is 3.78. The Labute approximate surface area is 178 Å². The number of aliphatic hydroxyl groups excluding tert-OH is 2. The maximum absolute atomic E-state index is 14.6. The van der Waals surface area contributed by atoms with Crippen molar-refractivity contribution in [3.8, 4) is 5.75 Å². The number of hydrogen-bond donors (Lipinski definition) is 3. The van der Waals surface area contributed by atoms with E-state index < -0.39 is 30.0 Å². The van der Waals surface area contributed by atoms with Crippen LogP contribution in [0.4, 0.5) is 8.78 Å². The number of aryl methyl sites for hydroxylation is 1. The number of ether oxygens (including phenoxy) is 1. The number of fused-ring (bicyclic) bond motifs is 2. The molecule has 0 bridgehead atoms. The molecular formula is C24H24F2O5. The van der Waals surface area contributed by atoms with Crippen LogP contribution >= 0.6 is 0 Å². The molecule has 1 unspecified atom stereocenters. The van der Waals surface area contributed by atoms with Gasteiger partial charge in [-0.3, -0.25) is 0 Å². The number of alkyl halides is 2. The molecule has 4 rings (SSSR count). The lowest BCUT2D eigenvalue weighted by molar-refractivity contribution is -0.0930. The van der Waals surface area contributed by atoms with Crippen LogP contribution in [0.25, 0.3) is 0 Å². The van der Waals surface area contributed by atoms with E-state index in [-0.39, 0.29) is 23.1 Å². The lowest BCUT2D eigenvalue weighted by Crippen LogP contribution is -2.30. The topological polar surface area (TPSA) is 87.0 Å². The largest absolute Gasteiger partial charge is 0.490 e. The van der Waals surface area contributed by atoms with Gasteiger partial charge in [-0.15, -0.1) is 0 Å². The number of halogens is 2. The van der Waals surface area contributed by atoms with Gasteiger partial charge in [0, 0.05) is 23.8 Å². The average molecular weight is 430 g/mol. The first-order valence-electron chi connectivity index (χ1n) is 10.3. The summed E-state index contributed by atoms with van der Waals surface area (Å²) in [7, 11) is 0. The molecule has 31 heavy (non-hydrogen) atoms. The van der Waals surface area contributed by atoms with Gasteiger partial charge in [0.15, 0.2) is 0 Å². The molecule has 0 radical (unpaired) electrons. The molecule has 1 heterocycles. The van der Waals surface area contributed by atoms with Crippen LogP contribution in [-0.2, 0) is 12.3 Å². The smallest absolute Gasteiger partial charge is 0.335 e. The van der Waals surface area contributed by atoms with E-state index in [0.717, 1.165) is 11.6 Å². The van der Waals surface area contributed by atoms with Crippen LogP contribution in [0.3, 0.4) is 0 Å². The molecule has 1 fully saturated rings. The molecular weight excluding hydrogens is 406 g/mol. The van der Waals surface area contributed by atoms with Crippen molar-refractivity contribution in [2.75, 3.05) is 0 Å². The molecule has 3 N–H and O–H groups in total. The van der Waals surface area contributed by atoms with Gasteiger partial charge >= 0.3 is 11.9 Å². The second-order valence-electron chi connectivity index (χ2n) is 8.19. The normalized spacial score (nSPS) is 26.6. The van der Waals surface area contributed by atoms with Gasteiger partial charge in [-0.2, -0.15) is 8.78 Å². The van der Waals surface area contributed by atoms with Crippen molar-refractivity contribution in [3.05, 3.63) is 77.4 Å². The van der Waals surface area contributed by atoms with Gasteiger partial charge in [-0.05, 0) is 30.5 Å². The Morgan fingerprint density at radius 1 is 1.19 bits per heavy atom. The van der Waals surface area contributed by atoms with E-state index in [1.165, 1.54) is 42.5 Å². The summed E-state index contributed by atoms with van der Waals surface area (Å²) in [6, 6.07) is 11.9. The van der Waals surface area contributed by atoms with Crippen LogP contribution in [-0.4, -0.2) is 39.6 Å². The number of aliphatic hydroxyl groups is 2. The van der Waals surface area contributed by atoms with Gasteiger partial charge in [0.25, 0.3) is 0 Å². The van der Waals surface area contributed by atoms with Crippen molar-refractivity contribution in [1.29, 1.82) is 0 Å². The minimum atomic E-state index is -3.45. The van der Waals surface area contributed by atoms with E-state index in [2.05, 4.69) is 0 Å². The van der Waals surface area contributed by atoms with E-state index in [1.54, 1.807) is 12.1 Å². The zero-order valence-electron chi connectivity index (χ0n) is 16.7. The molecule has 1 aliphatic heterocycles. The van der Waals surface area contributed by atoms with E-state index in [9.17, 15) is 28.9 Å². The molecule has 2 aromatic carbocycles. The highest BCUT2D eigenvalue weighted by Gasteiger charge is 2.45. The SMILES string of the molecule is O=C(O)c1ccc2c(c1)O[C@H]1C[C@@H](O)[C@H](/C=C/C(O)C(F)(F)c3ccccc3)[C@H]1CC2. The number of carboxylic acids is 1. The lowest BCUT2D eigenvalue weighted by Gasteiger charge is -2.23. The van der Waals surface area contributed by atoms with Crippen molar-refractivity contribution in [2.45, 2.75) is 43.5 Å². The van der Waals surface area contributed by atoms with Crippen LogP contribution in [0.15, 0.2) is 60.7 Å². The summed E-state index contributed by atoms with van der Waals surface area (Å²) in [5.74, 6) is -4.60.